The Hall–Kier alpha value is -4.02. The normalized spacial score (nSPS) is 18.1. The van der Waals surface area contributed by atoms with Crippen LogP contribution in [0.5, 0.6) is 5.75 Å². The number of fused-ring (bicyclic) bond motifs is 1. The number of piperidine rings is 1. The third-order valence-electron chi connectivity index (χ3n) is 7.13. The minimum absolute atomic E-state index is 0.142. The zero-order valence-corrected chi connectivity index (χ0v) is 21.6. The molecule has 2 amide bonds. The Morgan fingerprint density at radius 1 is 1.13 bits per heavy atom. The number of nitrogens with one attached hydrogen (secondary N) is 2. The Kier molecular flexibility index (Phi) is 7.94. The van der Waals surface area contributed by atoms with Crippen molar-refractivity contribution in [3.05, 3.63) is 71.4 Å². The fourth-order valence-electron chi connectivity index (χ4n) is 4.77. The number of carboxylic acid groups (broad SMARTS) is 1. The second kappa shape index (κ2) is 11.2. The zero-order valence-electron chi connectivity index (χ0n) is 21.6. The number of para-hydroxylation sites is 1. The zero-order chi connectivity index (χ0) is 27.4. The van der Waals surface area contributed by atoms with Crippen LogP contribution < -0.4 is 15.5 Å². The minimum Gasteiger partial charge on any atom is -0.489 e. The first-order valence-electron chi connectivity index (χ1n) is 12.4. The maximum atomic E-state index is 13.0. The number of ether oxygens (including phenoxy) is 1. The van der Waals surface area contributed by atoms with Crippen molar-refractivity contribution in [3.63, 3.8) is 0 Å². The molecule has 2 heterocycles. The van der Waals surface area contributed by atoms with Gasteiger partial charge >= 0.3 is 5.97 Å². The van der Waals surface area contributed by atoms with Crippen molar-refractivity contribution in [1.29, 1.82) is 0 Å². The minimum atomic E-state index is -1.18. The molecular formula is C28H32N4O6. The van der Waals surface area contributed by atoms with Crippen molar-refractivity contribution >= 4 is 28.7 Å². The Bertz CT molecular complexity index is 1340. The van der Waals surface area contributed by atoms with Crippen LogP contribution in [-0.2, 0) is 16.2 Å². The van der Waals surface area contributed by atoms with Crippen molar-refractivity contribution in [1.82, 2.24) is 20.7 Å². The van der Waals surface area contributed by atoms with Crippen LogP contribution in [0.25, 0.3) is 10.9 Å². The lowest BCUT2D eigenvalue weighted by Gasteiger charge is -2.43. The number of hydrogen-bond acceptors (Lipinski definition) is 7. The molecule has 200 valence electrons. The summed E-state index contributed by atoms with van der Waals surface area (Å²) in [6, 6.07) is 15.8. The van der Waals surface area contributed by atoms with E-state index in [0.717, 1.165) is 22.2 Å². The van der Waals surface area contributed by atoms with Crippen LogP contribution in [-0.4, -0.2) is 62.7 Å². The van der Waals surface area contributed by atoms with E-state index >= 15 is 0 Å². The first-order valence-corrected chi connectivity index (χ1v) is 12.4. The van der Waals surface area contributed by atoms with Crippen LogP contribution >= 0.6 is 0 Å². The molecule has 38 heavy (non-hydrogen) atoms. The van der Waals surface area contributed by atoms with Crippen molar-refractivity contribution in [2.24, 2.45) is 5.92 Å². The molecule has 1 saturated heterocycles. The highest BCUT2D eigenvalue weighted by Gasteiger charge is 2.43. The van der Waals surface area contributed by atoms with Gasteiger partial charge in [0.15, 0.2) is 0 Å². The molecule has 0 bridgehead atoms. The first kappa shape index (κ1) is 27.0. The smallest absolute Gasteiger partial charge is 0.323 e. The summed E-state index contributed by atoms with van der Waals surface area (Å²) in [5, 5.41) is 22.6. The summed E-state index contributed by atoms with van der Waals surface area (Å²) in [7, 11) is 0. The number of aliphatic carboxylic acids is 1. The highest BCUT2D eigenvalue weighted by Crippen LogP contribution is 2.26. The number of carbonyl (C=O) groups is 3. The van der Waals surface area contributed by atoms with Gasteiger partial charge < -0.3 is 15.2 Å². The van der Waals surface area contributed by atoms with Crippen molar-refractivity contribution in [3.8, 4) is 5.75 Å². The molecular weight excluding hydrogens is 488 g/mol. The average Bonchev–Trinajstić information content (AvgIpc) is 2.91. The molecule has 1 fully saturated rings. The Labute approximate surface area is 220 Å². The van der Waals surface area contributed by atoms with Gasteiger partial charge in [-0.15, -0.1) is 0 Å². The standard InChI is InChI=1S/C28H32N4O6/c1-17-14-19(21-6-4-5-7-23(21)29-17)16-38-20-10-8-18(9-11-20)25(33)30-24-15-32(28(2,3)27(35)36)13-12-22(24)26(34)31-37/h4-11,14,22,24,37H,12-13,15-16H2,1-3H3,(H,30,33)(H,31,34)(H,35,36)/t22-,24+/m0/s1. The Morgan fingerprint density at radius 2 is 1.84 bits per heavy atom. The number of hydroxylamine groups is 1. The van der Waals surface area contributed by atoms with Gasteiger partial charge in [0.1, 0.15) is 17.9 Å². The molecule has 10 heteroatoms. The molecule has 1 aliphatic heterocycles. The maximum Gasteiger partial charge on any atom is 0.323 e. The summed E-state index contributed by atoms with van der Waals surface area (Å²) in [6.07, 6.45) is 0.282. The molecule has 0 spiro atoms. The number of likely N-dealkylation sites (tertiary alicyclic amines) is 1. The monoisotopic (exact) mass is 520 g/mol. The van der Waals surface area contributed by atoms with Gasteiger partial charge in [0.2, 0.25) is 5.91 Å². The quantitative estimate of drug-likeness (QED) is 0.263. The van der Waals surface area contributed by atoms with Crippen LogP contribution in [0.4, 0.5) is 0 Å². The molecule has 1 aliphatic rings. The van der Waals surface area contributed by atoms with Crippen molar-refractivity contribution < 1.29 is 29.4 Å². The number of benzene rings is 2. The van der Waals surface area contributed by atoms with Crippen LogP contribution in [0.1, 0.15) is 41.9 Å². The SMILES string of the molecule is Cc1cc(COc2ccc(C(=O)N[C@@H]3CN(C(C)(C)C(=O)O)CC[C@@H]3C(=O)NO)cc2)c2ccccc2n1. The molecule has 2 aromatic carbocycles. The summed E-state index contributed by atoms with van der Waals surface area (Å²) in [6.45, 7) is 5.91. The number of amides is 2. The number of carboxylic acids is 1. The van der Waals surface area contributed by atoms with Gasteiger partial charge in [0.25, 0.3) is 5.91 Å². The van der Waals surface area contributed by atoms with Crippen LogP contribution in [0.15, 0.2) is 54.6 Å². The third-order valence-corrected chi connectivity index (χ3v) is 7.13. The van der Waals surface area contributed by atoms with E-state index < -0.39 is 35.3 Å². The molecule has 3 aromatic rings. The van der Waals surface area contributed by atoms with E-state index in [1.807, 2.05) is 37.3 Å². The van der Waals surface area contributed by atoms with Crippen LogP contribution in [0.3, 0.4) is 0 Å². The number of aromatic nitrogens is 1. The van der Waals surface area contributed by atoms with E-state index in [-0.39, 0.29) is 13.0 Å². The summed E-state index contributed by atoms with van der Waals surface area (Å²) in [5.74, 6) is -2.15. The highest BCUT2D eigenvalue weighted by molar-refractivity contribution is 5.95. The molecule has 1 aromatic heterocycles. The Morgan fingerprint density at radius 3 is 2.53 bits per heavy atom. The molecule has 4 rings (SSSR count). The molecule has 0 aliphatic carbocycles. The van der Waals surface area contributed by atoms with Gasteiger partial charge in [-0.3, -0.25) is 29.5 Å². The fraction of sp³-hybridized carbons (Fsp3) is 0.357. The fourth-order valence-corrected chi connectivity index (χ4v) is 4.77. The maximum absolute atomic E-state index is 13.0. The van der Waals surface area contributed by atoms with Crippen LogP contribution in [0, 0.1) is 12.8 Å². The molecule has 0 radical (unpaired) electrons. The van der Waals surface area contributed by atoms with Gasteiger partial charge in [0.05, 0.1) is 17.5 Å². The number of carbonyl (C=O) groups excluding carboxylic acids is 2. The molecule has 2 atom stereocenters. The largest absolute Gasteiger partial charge is 0.489 e. The number of aryl methyl sites for hydroxylation is 1. The average molecular weight is 521 g/mol. The Balaban J connectivity index is 1.44. The number of nitrogens with zero attached hydrogens (tertiary/aromatic N) is 2. The van der Waals surface area contributed by atoms with Crippen molar-refractivity contribution in [2.45, 2.75) is 45.4 Å². The van der Waals surface area contributed by atoms with Crippen molar-refractivity contribution in [2.75, 3.05) is 13.1 Å². The number of rotatable bonds is 8. The topological polar surface area (TPSA) is 141 Å². The lowest BCUT2D eigenvalue weighted by atomic mass is 9.87. The molecule has 0 saturated carbocycles. The lowest BCUT2D eigenvalue weighted by Crippen LogP contribution is -2.62. The third kappa shape index (κ3) is 5.76. The number of pyridine rings is 1. The van der Waals surface area contributed by atoms with E-state index in [1.165, 1.54) is 0 Å². The van der Waals surface area contributed by atoms with Gasteiger partial charge in [0, 0.05) is 35.3 Å². The van der Waals surface area contributed by atoms with Gasteiger partial charge in [-0.25, -0.2) is 5.48 Å². The first-order chi connectivity index (χ1) is 18.1. The summed E-state index contributed by atoms with van der Waals surface area (Å²) in [4.78, 5) is 43.3. The highest BCUT2D eigenvalue weighted by atomic mass is 16.5. The van der Waals surface area contributed by atoms with Crippen LogP contribution in [0.2, 0.25) is 0 Å². The van der Waals surface area contributed by atoms with E-state index in [1.54, 1.807) is 48.5 Å². The predicted molar refractivity (Wildman–Crippen MR) is 140 cm³/mol. The second-order valence-electron chi connectivity index (χ2n) is 10.0. The second-order valence-corrected chi connectivity index (χ2v) is 10.0. The summed E-state index contributed by atoms with van der Waals surface area (Å²) in [5.41, 5.74) is 3.65. The summed E-state index contributed by atoms with van der Waals surface area (Å²) >= 11 is 0. The van der Waals surface area contributed by atoms with Gasteiger partial charge in [-0.05, 0) is 63.6 Å². The number of hydrogen-bond donors (Lipinski definition) is 4. The lowest BCUT2D eigenvalue weighted by molar-refractivity contribution is -0.151. The molecule has 4 N–H and O–H groups in total. The van der Waals surface area contributed by atoms with E-state index in [9.17, 15) is 19.5 Å². The summed E-state index contributed by atoms with van der Waals surface area (Å²) < 4.78 is 5.97. The van der Waals surface area contributed by atoms with E-state index in [4.69, 9.17) is 9.94 Å². The molecule has 0 unspecified atom stereocenters. The van der Waals surface area contributed by atoms with E-state index in [0.29, 0.717) is 24.5 Å². The van der Waals surface area contributed by atoms with E-state index in [2.05, 4.69) is 10.3 Å². The van der Waals surface area contributed by atoms with Gasteiger partial charge in [-0.1, -0.05) is 18.2 Å². The van der Waals surface area contributed by atoms with Gasteiger partial charge in [-0.2, -0.15) is 0 Å². The predicted octanol–water partition coefficient (Wildman–Crippen LogP) is 2.91. The molecule has 10 nitrogen and oxygen atoms in total.